The second kappa shape index (κ2) is 8.79. The number of aliphatic hydroxyl groups excluding tert-OH is 1. The Morgan fingerprint density at radius 3 is 2.45 bits per heavy atom. The number of hydrogen-bond acceptors (Lipinski definition) is 4. The van der Waals surface area contributed by atoms with E-state index in [-0.39, 0.29) is 12.6 Å². The van der Waals surface area contributed by atoms with Crippen LogP contribution in [0.15, 0.2) is 84.6 Å². The van der Waals surface area contributed by atoms with Gasteiger partial charge in [0.25, 0.3) is 5.91 Å². The Kier molecular flexibility index (Phi) is 5.93. The third-order valence-electron chi connectivity index (χ3n) is 6.00. The van der Waals surface area contributed by atoms with E-state index in [1.807, 2.05) is 60.5 Å². The molecule has 0 saturated carbocycles. The summed E-state index contributed by atoms with van der Waals surface area (Å²) in [5.41, 5.74) is 5.11. The van der Waals surface area contributed by atoms with Crippen LogP contribution in [0.3, 0.4) is 0 Å². The van der Waals surface area contributed by atoms with E-state index >= 15 is 0 Å². The molecule has 2 N–H and O–H groups in total. The highest BCUT2D eigenvalue weighted by atomic mass is 16.3. The topological polar surface area (TPSA) is 55.8 Å². The molecule has 0 aliphatic carbocycles. The van der Waals surface area contributed by atoms with Gasteiger partial charge in [0.15, 0.2) is 13.4 Å². The Bertz CT molecular complexity index is 1030. The average molecular weight is 418 g/mol. The van der Waals surface area contributed by atoms with Crippen LogP contribution in [-0.4, -0.2) is 54.0 Å². The molecule has 4 rings (SSSR count). The number of nitrogens with one attached hydrogen (secondary N) is 1. The number of benzene rings is 2. The lowest BCUT2D eigenvalue weighted by Crippen LogP contribution is -2.48. The molecule has 1 fully saturated rings. The van der Waals surface area contributed by atoms with Gasteiger partial charge in [0.05, 0.1) is 12.2 Å². The fraction of sp³-hybridized carbons (Fsp3) is 0.240. The van der Waals surface area contributed by atoms with E-state index < -0.39 is 0 Å². The maximum absolute atomic E-state index is 12.2. The fourth-order valence-electron chi connectivity index (χ4n) is 3.90. The number of likely N-dealkylation sites (N-methyl/N-ethyl adjacent to an activating group) is 1. The molecular weight excluding hydrogens is 388 g/mol. The average Bonchev–Trinajstić information content (AvgIpc) is 3.12. The molecule has 31 heavy (non-hydrogen) atoms. The molecule has 2 aromatic carbocycles. The molecule has 0 spiro atoms. The van der Waals surface area contributed by atoms with Crippen molar-refractivity contribution in [2.24, 2.45) is 0 Å². The van der Waals surface area contributed by atoms with E-state index in [0.29, 0.717) is 17.7 Å². The van der Waals surface area contributed by atoms with Gasteiger partial charge < -0.3 is 10.4 Å². The molecule has 6 nitrogen and oxygen atoms in total. The van der Waals surface area contributed by atoms with Crippen molar-refractivity contribution < 1.29 is 14.4 Å². The van der Waals surface area contributed by atoms with Crippen LogP contribution in [0.1, 0.15) is 12.5 Å². The van der Waals surface area contributed by atoms with Gasteiger partial charge in [0.2, 0.25) is 0 Å². The molecule has 1 unspecified atom stereocenters. The first-order valence-corrected chi connectivity index (χ1v) is 10.5. The summed E-state index contributed by atoms with van der Waals surface area (Å²) in [6, 6.07) is 18.3. The summed E-state index contributed by atoms with van der Waals surface area (Å²) in [4.78, 5) is 12.2. The molecule has 0 bridgehead atoms. The molecule has 1 atom stereocenters. The Balaban J connectivity index is 1.39. The molecule has 2 aliphatic heterocycles. The van der Waals surface area contributed by atoms with Crippen molar-refractivity contribution in [3.8, 4) is 0 Å². The maximum atomic E-state index is 12.2. The number of anilines is 2. The van der Waals surface area contributed by atoms with Gasteiger partial charge in [-0.2, -0.15) is 0 Å². The quantitative estimate of drug-likeness (QED) is 0.557. The largest absolute Gasteiger partial charge is 0.347 e. The Labute approximate surface area is 183 Å². The van der Waals surface area contributed by atoms with Gasteiger partial charge in [-0.05, 0) is 54.5 Å². The maximum Gasteiger partial charge on any atom is 0.269 e. The number of carbonyl (C=O) groups excluding carboxylic acids is 1. The first-order valence-electron chi connectivity index (χ1n) is 10.5. The van der Waals surface area contributed by atoms with Crippen LogP contribution in [0.2, 0.25) is 0 Å². The summed E-state index contributed by atoms with van der Waals surface area (Å²) in [5, 5.41) is 17.1. The first-order chi connectivity index (χ1) is 15.0. The van der Waals surface area contributed by atoms with Gasteiger partial charge in [-0.15, -0.1) is 0 Å². The lowest BCUT2D eigenvalue weighted by atomic mass is 10.0. The van der Waals surface area contributed by atoms with E-state index in [4.69, 9.17) is 0 Å². The van der Waals surface area contributed by atoms with Crippen LogP contribution < -0.4 is 10.3 Å². The summed E-state index contributed by atoms with van der Waals surface area (Å²) < 4.78 is 0.423. The van der Waals surface area contributed by atoms with Crippen molar-refractivity contribution in [1.29, 1.82) is 0 Å². The van der Waals surface area contributed by atoms with Gasteiger partial charge in [-0.1, -0.05) is 36.4 Å². The van der Waals surface area contributed by atoms with E-state index in [9.17, 15) is 9.90 Å². The zero-order chi connectivity index (χ0) is 21.8. The molecule has 1 saturated heterocycles. The van der Waals surface area contributed by atoms with Gasteiger partial charge in [-0.3, -0.25) is 19.3 Å². The smallest absolute Gasteiger partial charge is 0.269 e. The number of nitrogens with zero attached hydrogens (tertiary/aromatic N) is 3. The first kappa shape index (κ1) is 20.9. The number of hydrazine groups is 1. The normalized spacial score (nSPS) is 22.2. The number of allylic oxidation sites excluding steroid dienone is 3. The van der Waals surface area contributed by atoms with Crippen LogP contribution in [0.25, 0.3) is 5.57 Å². The highest BCUT2D eigenvalue weighted by Gasteiger charge is 2.30. The van der Waals surface area contributed by atoms with E-state index in [1.165, 1.54) is 11.1 Å². The number of aliphatic hydroxyl groups is 1. The van der Waals surface area contributed by atoms with Crippen LogP contribution in [-0.2, 0) is 4.79 Å². The van der Waals surface area contributed by atoms with Crippen molar-refractivity contribution in [2.45, 2.75) is 6.92 Å². The van der Waals surface area contributed by atoms with E-state index in [0.717, 1.165) is 23.5 Å². The highest BCUT2D eigenvalue weighted by molar-refractivity contribution is 5.98. The predicted octanol–water partition coefficient (Wildman–Crippen LogP) is 3.57. The molecule has 1 amide bonds. The van der Waals surface area contributed by atoms with Crippen LogP contribution >= 0.6 is 0 Å². The molecule has 0 aromatic heterocycles. The summed E-state index contributed by atoms with van der Waals surface area (Å²) >= 11 is 0. The Morgan fingerprint density at radius 1 is 1.13 bits per heavy atom. The second-order valence-electron chi connectivity index (χ2n) is 7.97. The van der Waals surface area contributed by atoms with Gasteiger partial charge >= 0.3 is 0 Å². The Hall–Kier alpha value is -3.35. The van der Waals surface area contributed by atoms with Gasteiger partial charge in [-0.25, -0.2) is 0 Å². The zero-order valence-corrected chi connectivity index (χ0v) is 18.0. The van der Waals surface area contributed by atoms with Gasteiger partial charge in [0, 0.05) is 18.3 Å². The Morgan fingerprint density at radius 2 is 1.87 bits per heavy atom. The van der Waals surface area contributed by atoms with E-state index in [1.54, 1.807) is 12.1 Å². The summed E-state index contributed by atoms with van der Waals surface area (Å²) in [6.45, 7) is 3.80. The minimum Gasteiger partial charge on any atom is -0.347 e. The van der Waals surface area contributed by atoms with Crippen molar-refractivity contribution in [3.63, 3.8) is 0 Å². The number of hydrogen-bond donors (Lipinski definition) is 2. The minimum atomic E-state index is 0.0208. The summed E-state index contributed by atoms with van der Waals surface area (Å²) in [7, 11) is 1.79. The molecule has 2 aliphatic rings. The van der Waals surface area contributed by atoms with Crippen molar-refractivity contribution in [1.82, 2.24) is 5.01 Å². The third kappa shape index (κ3) is 4.26. The lowest BCUT2D eigenvalue weighted by molar-refractivity contribution is -0.890. The van der Waals surface area contributed by atoms with Crippen LogP contribution in [0, 0.1) is 0 Å². The fourth-order valence-corrected chi connectivity index (χ4v) is 3.90. The highest BCUT2D eigenvalue weighted by Crippen LogP contribution is 2.27. The number of quaternary nitrogens is 1. The third-order valence-corrected chi connectivity index (χ3v) is 6.00. The molecule has 160 valence electrons. The van der Waals surface area contributed by atoms with Crippen LogP contribution in [0.5, 0.6) is 0 Å². The molecular formula is C25H29N4O2+. The number of carbonyl (C=O) groups is 1. The molecule has 2 aromatic rings. The van der Waals surface area contributed by atoms with Crippen molar-refractivity contribution >= 4 is 22.9 Å². The SMILES string of the molecule is C/C=C1/CN(c2ccc(NC[N+]3(CO)C=CC(c4ccccc4)=CC3)cc2)N(C)C1=O. The van der Waals surface area contributed by atoms with E-state index in [2.05, 4.69) is 35.8 Å². The lowest BCUT2D eigenvalue weighted by Gasteiger charge is -2.34. The number of amides is 1. The summed E-state index contributed by atoms with van der Waals surface area (Å²) in [6.07, 6.45) is 8.19. The molecule has 6 heteroatoms. The molecule has 2 heterocycles. The standard InChI is InChI=1S/C25H29N4O2/c1-3-20-17-28(27(2)25(20)31)24-11-9-23(10-12-24)26-18-29(19-30)15-13-22(14-16-29)21-7-5-4-6-8-21/h3-15,26,30H,16-19H2,1-2H3/q+1/b20-3-. The minimum absolute atomic E-state index is 0.0208. The van der Waals surface area contributed by atoms with Crippen LogP contribution in [0.4, 0.5) is 11.4 Å². The van der Waals surface area contributed by atoms with Crippen molar-refractivity contribution in [3.05, 3.63) is 90.2 Å². The predicted molar refractivity (Wildman–Crippen MR) is 125 cm³/mol. The van der Waals surface area contributed by atoms with Crippen molar-refractivity contribution in [2.75, 3.05) is 43.9 Å². The monoisotopic (exact) mass is 417 g/mol. The molecule has 0 radical (unpaired) electrons. The number of rotatable bonds is 6. The summed E-state index contributed by atoms with van der Waals surface area (Å²) in [5.74, 6) is 0.0406. The van der Waals surface area contributed by atoms with Gasteiger partial charge in [0.1, 0.15) is 12.7 Å². The second-order valence-corrected chi connectivity index (χ2v) is 7.97. The zero-order valence-electron chi connectivity index (χ0n) is 18.0.